The van der Waals surface area contributed by atoms with Crippen LogP contribution in [-0.2, 0) is 0 Å². The van der Waals surface area contributed by atoms with Gasteiger partial charge in [0.25, 0.3) is 0 Å². The van der Waals surface area contributed by atoms with Gasteiger partial charge in [0.05, 0.1) is 16.6 Å². The zero-order valence-corrected chi connectivity index (χ0v) is 21.5. The molecule has 0 aliphatic carbocycles. The second-order valence-corrected chi connectivity index (χ2v) is 10.4. The molecule has 0 spiro atoms. The highest BCUT2D eigenvalue weighted by molar-refractivity contribution is 6.20. The third kappa shape index (κ3) is 2.92. The highest BCUT2D eigenvalue weighted by Crippen LogP contribution is 2.51. The van der Waals surface area contributed by atoms with E-state index in [0.717, 1.165) is 50.2 Å². The molecule has 0 amide bonds. The van der Waals surface area contributed by atoms with Gasteiger partial charge < -0.3 is 4.74 Å². The van der Waals surface area contributed by atoms with E-state index in [-0.39, 0.29) is 0 Å². The first-order valence-corrected chi connectivity index (χ1v) is 13.6. The second-order valence-electron chi connectivity index (χ2n) is 10.4. The number of hydrogen-bond donors (Lipinski definition) is 0. The maximum Gasteiger partial charge on any atom is 0.138 e. The van der Waals surface area contributed by atoms with Crippen LogP contribution in [0.25, 0.3) is 71.6 Å². The Morgan fingerprint density at radius 3 is 2.20 bits per heavy atom. The quantitative estimate of drug-likeness (QED) is 0.231. The topological polar surface area (TPSA) is 27.1 Å². The van der Waals surface area contributed by atoms with E-state index in [1.54, 1.807) is 0 Å². The van der Waals surface area contributed by atoms with Gasteiger partial charge in [-0.3, -0.25) is 4.57 Å². The van der Waals surface area contributed by atoms with Gasteiger partial charge in [0.2, 0.25) is 0 Å². The lowest BCUT2D eigenvalue weighted by molar-refractivity contribution is 0.488. The van der Waals surface area contributed by atoms with Crippen molar-refractivity contribution in [2.75, 3.05) is 0 Å². The molecule has 0 saturated heterocycles. The van der Waals surface area contributed by atoms with Crippen molar-refractivity contribution in [2.45, 2.75) is 0 Å². The molecule has 1 aliphatic heterocycles. The fourth-order valence-electron chi connectivity index (χ4n) is 6.49. The van der Waals surface area contributed by atoms with Gasteiger partial charge in [-0.05, 0) is 58.5 Å². The van der Waals surface area contributed by atoms with Crippen molar-refractivity contribution in [3.63, 3.8) is 0 Å². The zero-order chi connectivity index (χ0) is 26.2. The van der Waals surface area contributed by atoms with Crippen LogP contribution in [0.5, 0.6) is 11.5 Å². The van der Waals surface area contributed by atoms with Crippen molar-refractivity contribution < 1.29 is 4.74 Å². The summed E-state index contributed by atoms with van der Waals surface area (Å²) in [6.07, 6.45) is 0. The van der Waals surface area contributed by atoms with Gasteiger partial charge in [0.15, 0.2) is 0 Å². The summed E-state index contributed by atoms with van der Waals surface area (Å²) in [4.78, 5) is 5.22. The fraction of sp³-hybridized carbons (Fsp3) is 0. The highest BCUT2D eigenvalue weighted by Gasteiger charge is 2.26. The molecule has 0 fully saturated rings. The van der Waals surface area contributed by atoms with Crippen molar-refractivity contribution >= 4 is 43.5 Å². The first-order valence-electron chi connectivity index (χ1n) is 13.6. The third-order valence-electron chi connectivity index (χ3n) is 8.17. The first kappa shape index (κ1) is 21.5. The van der Waals surface area contributed by atoms with E-state index in [1.807, 2.05) is 0 Å². The summed E-state index contributed by atoms with van der Waals surface area (Å²) in [5.41, 5.74) is 7.91. The Bertz CT molecular complexity index is 2290. The minimum Gasteiger partial charge on any atom is -0.456 e. The van der Waals surface area contributed by atoms with Crippen LogP contribution in [0, 0.1) is 0 Å². The SMILES string of the molecule is c1ccc(-c2cc(-n3c4ccccc4c4c5c(ccc43)Oc3cccc4cccc-5c34)nc3ccccc23)cc1. The lowest BCUT2D eigenvalue weighted by Gasteiger charge is -2.22. The van der Waals surface area contributed by atoms with E-state index < -0.39 is 0 Å². The Morgan fingerprint density at radius 1 is 0.525 bits per heavy atom. The fourth-order valence-corrected chi connectivity index (χ4v) is 6.49. The Labute approximate surface area is 230 Å². The Hall–Kier alpha value is -5.41. The number of fused-ring (bicyclic) bond motifs is 7. The molecule has 3 nitrogen and oxygen atoms in total. The van der Waals surface area contributed by atoms with Gasteiger partial charge in [0.1, 0.15) is 17.3 Å². The number of rotatable bonds is 2. The molecule has 3 heteroatoms. The van der Waals surface area contributed by atoms with Crippen LogP contribution in [0.15, 0.2) is 133 Å². The zero-order valence-electron chi connectivity index (χ0n) is 21.5. The predicted octanol–water partition coefficient (Wildman–Crippen LogP) is 9.92. The number of benzene rings is 6. The number of pyridine rings is 1. The Balaban J connectivity index is 1.42. The van der Waals surface area contributed by atoms with Gasteiger partial charge in [-0.25, -0.2) is 4.98 Å². The van der Waals surface area contributed by atoms with E-state index in [1.165, 1.54) is 32.8 Å². The normalized spacial score (nSPS) is 12.2. The molecular weight excluding hydrogens is 488 g/mol. The molecule has 0 bridgehead atoms. The first-order chi connectivity index (χ1) is 19.8. The number of ether oxygens (including phenoxy) is 1. The highest BCUT2D eigenvalue weighted by atomic mass is 16.5. The van der Waals surface area contributed by atoms with Crippen LogP contribution in [0.1, 0.15) is 0 Å². The summed E-state index contributed by atoms with van der Waals surface area (Å²) >= 11 is 0. The Kier molecular flexibility index (Phi) is 4.33. The molecular formula is C37H22N2O. The van der Waals surface area contributed by atoms with Gasteiger partial charge >= 0.3 is 0 Å². The van der Waals surface area contributed by atoms with Crippen LogP contribution in [-0.4, -0.2) is 9.55 Å². The van der Waals surface area contributed by atoms with Gasteiger partial charge in [-0.1, -0.05) is 97.1 Å². The Morgan fingerprint density at radius 2 is 1.30 bits per heavy atom. The van der Waals surface area contributed by atoms with E-state index in [9.17, 15) is 0 Å². The third-order valence-corrected chi connectivity index (χ3v) is 8.17. The summed E-state index contributed by atoms with van der Waals surface area (Å²) in [6.45, 7) is 0. The summed E-state index contributed by atoms with van der Waals surface area (Å²) in [5.74, 6) is 2.70. The molecule has 2 aromatic heterocycles. The molecule has 3 heterocycles. The average Bonchev–Trinajstić information content (AvgIpc) is 3.36. The predicted molar refractivity (Wildman–Crippen MR) is 165 cm³/mol. The monoisotopic (exact) mass is 510 g/mol. The van der Waals surface area contributed by atoms with Crippen molar-refractivity contribution in [3.05, 3.63) is 133 Å². The standard InChI is InChI=1S/C37H22N2O/c1-2-10-23(11-3-1)28-22-34(38-29-17-6-4-14-25(28)29)39-30-18-7-5-15-26(30)36-31(39)20-21-33-37(36)27-16-8-12-24-13-9-19-32(40-33)35(24)27/h1-22H. The number of aromatic nitrogens is 2. The number of para-hydroxylation sites is 2. The maximum atomic E-state index is 6.53. The maximum absolute atomic E-state index is 6.53. The minimum atomic E-state index is 0.887. The molecule has 0 atom stereocenters. The van der Waals surface area contributed by atoms with Crippen molar-refractivity contribution in [2.24, 2.45) is 0 Å². The summed E-state index contributed by atoms with van der Waals surface area (Å²) in [7, 11) is 0. The molecule has 0 unspecified atom stereocenters. The van der Waals surface area contributed by atoms with Crippen LogP contribution in [0.4, 0.5) is 0 Å². The minimum absolute atomic E-state index is 0.887. The van der Waals surface area contributed by atoms with Crippen LogP contribution < -0.4 is 4.74 Å². The summed E-state index contributed by atoms with van der Waals surface area (Å²) in [5, 5.41) is 5.87. The lowest BCUT2D eigenvalue weighted by Crippen LogP contribution is -2.00. The molecule has 0 saturated carbocycles. The molecule has 0 N–H and O–H groups in total. The molecule has 6 aromatic carbocycles. The van der Waals surface area contributed by atoms with Gasteiger partial charge in [0, 0.05) is 27.1 Å². The van der Waals surface area contributed by atoms with Crippen LogP contribution >= 0.6 is 0 Å². The van der Waals surface area contributed by atoms with Crippen molar-refractivity contribution in [1.29, 1.82) is 0 Å². The summed E-state index contributed by atoms with van der Waals surface area (Å²) in [6, 6.07) is 47.0. The molecule has 8 aromatic rings. The molecule has 186 valence electrons. The smallest absolute Gasteiger partial charge is 0.138 e. The largest absolute Gasteiger partial charge is 0.456 e. The van der Waals surface area contributed by atoms with Crippen LogP contribution in [0.3, 0.4) is 0 Å². The van der Waals surface area contributed by atoms with Crippen molar-refractivity contribution in [1.82, 2.24) is 9.55 Å². The van der Waals surface area contributed by atoms with E-state index in [0.29, 0.717) is 0 Å². The van der Waals surface area contributed by atoms with E-state index >= 15 is 0 Å². The molecule has 1 aliphatic rings. The molecule has 9 rings (SSSR count). The van der Waals surface area contributed by atoms with Gasteiger partial charge in [-0.2, -0.15) is 0 Å². The summed E-state index contributed by atoms with van der Waals surface area (Å²) < 4.78 is 8.84. The van der Waals surface area contributed by atoms with E-state index in [4.69, 9.17) is 9.72 Å². The average molecular weight is 511 g/mol. The van der Waals surface area contributed by atoms with Gasteiger partial charge in [-0.15, -0.1) is 0 Å². The second kappa shape index (κ2) is 8.05. The number of nitrogens with zero attached hydrogens (tertiary/aromatic N) is 2. The van der Waals surface area contributed by atoms with E-state index in [2.05, 4.69) is 138 Å². The lowest BCUT2D eigenvalue weighted by atomic mass is 9.91. The molecule has 40 heavy (non-hydrogen) atoms. The molecule has 0 radical (unpaired) electrons. The van der Waals surface area contributed by atoms with Crippen molar-refractivity contribution in [3.8, 4) is 39.6 Å². The van der Waals surface area contributed by atoms with Crippen LogP contribution in [0.2, 0.25) is 0 Å². The number of hydrogen-bond acceptors (Lipinski definition) is 2.